The highest BCUT2D eigenvalue weighted by molar-refractivity contribution is 5.94. The lowest BCUT2D eigenvalue weighted by Gasteiger charge is -2.28. The molecule has 0 bridgehead atoms. The lowest BCUT2D eigenvalue weighted by molar-refractivity contribution is 0.0114. The number of nitrogens with zero attached hydrogens (tertiary/aromatic N) is 1. The number of furan rings is 1. The minimum Gasteiger partial charge on any atom is -0.461 e. The number of carbonyl (C=O) groups excluding carboxylic acids is 2. The lowest BCUT2D eigenvalue weighted by Crippen LogP contribution is -2.41. The molecule has 6 nitrogen and oxygen atoms in total. The Morgan fingerprint density at radius 3 is 2.82 bits per heavy atom. The summed E-state index contributed by atoms with van der Waals surface area (Å²) in [5, 5.41) is 0. The summed E-state index contributed by atoms with van der Waals surface area (Å²) in [6.45, 7) is 6.46. The van der Waals surface area contributed by atoms with E-state index in [0.717, 1.165) is 12.8 Å². The van der Waals surface area contributed by atoms with Crippen molar-refractivity contribution >= 4 is 11.9 Å². The van der Waals surface area contributed by atoms with E-state index in [-0.39, 0.29) is 30.3 Å². The third kappa shape index (κ3) is 4.59. The van der Waals surface area contributed by atoms with E-state index >= 15 is 0 Å². The van der Waals surface area contributed by atoms with Gasteiger partial charge < -0.3 is 18.8 Å². The van der Waals surface area contributed by atoms with E-state index in [1.165, 1.54) is 6.26 Å². The van der Waals surface area contributed by atoms with Crippen LogP contribution in [0.15, 0.2) is 22.8 Å². The van der Waals surface area contributed by atoms with Crippen LogP contribution in [0.5, 0.6) is 0 Å². The van der Waals surface area contributed by atoms with Crippen LogP contribution in [0, 0.1) is 0 Å². The molecule has 1 aromatic rings. The predicted molar refractivity (Wildman–Crippen MR) is 79.8 cm³/mol. The van der Waals surface area contributed by atoms with Gasteiger partial charge in [-0.25, -0.2) is 4.79 Å². The van der Waals surface area contributed by atoms with Crippen LogP contribution in [-0.2, 0) is 9.47 Å². The van der Waals surface area contributed by atoms with Crippen molar-refractivity contribution in [3.63, 3.8) is 0 Å². The molecule has 2 rings (SSSR count). The number of ketones is 1. The van der Waals surface area contributed by atoms with Crippen molar-refractivity contribution < 1.29 is 23.5 Å². The second-order valence-corrected chi connectivity index (χ2v) is 6.39. The molecule has 1 fully saturated rings. The van der Waals surface area contributed by atoms with Crippen molar-refractivity contribution in [3.05, 3.63) is 24.2 Å². The molecule has 0 radical (unpaired) electrons. The molecule has 22 heavy (non-hydrogen) atoms. The quantitative estimate of drug-likeness (QED) is 0.782. The fourth-order valence-electron chi connectivity index (χ4n) is 2.37. The Bertz CT molecular complexity index is 503. The van der Waals surface area contributed by atoms with Crippen LogP contribution in [0.25, 0.3) is 0 Å². The van der Waals surface area contributed by atoms with Crippen molar-refractivity contribution in [2.24, 2.45) is 0 Å². The third-order valence-corrected chi connectivity index (χ3v) is 3.34. The van der Waals surface area contributed by atoms with Crippen LogP contribution in [0.4, 0.5) is 4.79 Å². The maximum Gasteiger partial charge on any atom is 0.410 e. The van der Waals surface area contributed by atoms with Gasteiger partial charge in [0.15, 0.2) is 5.76 Å². The van der Waals surface area contributed by atoms with E-state index in [1.807, 2.05) is 20.8 Å². The van der Waals surface area contributed by atoms with E-state index in [9.17, 15) is 9.59 Å². The smallest absolute Gasteiger partial charge is 0.410 e. The summed E-state index contributed by atoms with van der Waals surface area (Å²) >= 11 is 0. The van der Waals surface area contributed by atoms with Gasteiger partial charge in [0.1, 0.15) is 12.2 Å². The maximum absolute atomic E-state index is 12.1. The van der Waals surface area contributed by atoms with Crippen molar-refractivity contribution in [1.82, 2.24) is 4.90 Å². The van der Waals surface area contributed by atoms with Gasteiger partial charge in [-0.2, -0.15) is 0 Å². The second kappa shape index (κ2) is 6.96. The second-order valence-electron chi connectivity index (χ2n) is 6.39. The summed E-state index contributed by atoms with van der Waals surface area (Å²) in [6.07, 6.45) is 2.90. The summed E-state index contributed by atoms with van der Waals surface area (Å²) in [7, 11) is 0. The molecule has 1 unspecified atom stereocenters. The fourth-order valence-corrected chi connectivity index (χ4v) is 2.37. The normalized spacial score (nSPS) is 18.5. The van der Waals surface area contributed by atoms with Crippen molar-refractivity contribution in [2.45, 2.75) is 45.3 Å². The van der Waals surface area contributed by atoms with Gasteiger partial charge in [-0.3, -0.25) is 4.79 Å². The fraction of sp³-hybridized carbons (Fsp3) is 0.625. The Labute approximate surface area is 130 Å². The SMILES string of the molecule is CC(C)(C)OC(=O)N1CCCC1COCC(=O)c1ccco1. The highest BCUT2D eigenvalue weighted by Gasteiger charge is 2.32. The number of rotatable bonds is 5. The summed E-state index contributed by atoms with van der Waals surface area (Å²) in [6, 6.07) is 3.22. The zero-order chi connectivity index (χ0) is 16.2. The Morgan fingerprint density at radius 1 is 1.41 bits per heavy atom. The average Bonchev–Trinajstić information content (AvgIpc) is 3.08. The first kappa shape index (κ1) is 16.5. The number of ether oxygens (including phenoxy) is 2. The van der Waals surface area contributed by atoms with Gasteiger partial charge in [0.05, 0.1) is 18.9 Å². The molecule has 0 saturated carbocycles. The Hall–Kier alpha value is -1.82. The molecule has 1 amide bonds. The molecule has 0 spiro atoms. The van der Waals surface area contributed by atoms with Crippen LogP contribution >= 0.6 is 0 Å². The van der Waals surface area contributed by atoms with Gasteiger partial charge in [0, 0.05) is 6.54 Å². The highest BCUT2D eigenvalue weighted by Crippen LogP contribution is 2.21. The van der Waals surface area contributed by atoms with Crippen LogP contribution in [-0.4, -0.2) is 48.2 Å². The summed E-state index contributed by atoms with van der Waals surface area (Å²) < 4.78 is 15.9. The van der Waals surface area contributed by atoms with Crippen molar-refractivity contribution in [2.75, 3.05) is 19.8 Å². The van der Waals surface area contributed by atoms with Crippen LogP contribution in [0.1, 0.15) is 44.2 Å². The van der Waals surface area contributed by atoms with E-state index in [2.05, 4.69) is 0 Å². The van der Waals surface area contributed by atoms with E-state index < -0.39 is 5.60 Å². The summed E-state index contributed by atoms with van der Waals surface area (Å²) in [5.74, 6) is 0.0854. The highest BCUT2D eigenvalue weighted by atomic mass is 16.6. The number of amides is 1. The van der Waals surface area contributed by atoms with E-state index in [1.54, 1.807) is 17.0 Å². The number of hydrogen-bond acceptors (Lipinski definition) is 5. The van der Waals surface area contributed by atoms with Crippen LogP contribution in [0.3, 0.4) is 0 Å². The molecule has 1 aromatic heterocycles. The molecule has 6 heteroatoms. The largest absolute Gasteiger partial charge is 0.461 e. The maximum atomic E-state index is 12.1. The molecular weight excluding hydrogens is 286 g/mol. The van der Waals surface area contributed by atoms with E-state index in [0.29, 0.717) is 13.2 Å². The average molecular weight is 309 g/mol. The topological polar surface area (TPSA) is 69.0 Å². The number of carbonyl (C=O) groups is 2. The Balaban J connectivity index is 1.79. The Morgan fingerprint density at radius 2 is 2.18 bits per heavy atom. The molecule has 0 aromatic carbocycles. The minimum atomic E-state index is -0.514. The van der Waals surface area contributed by atoms with Gasteiger partial charge in [-0.1, -0.05) is 0 Å². The standard InChI is InChI=1S/C16H23NO5/c1-16(2,3)22-15(19)17-8-4-6-12(17)10-20-11-13(18)14-7-5-9-21-14/h5,7,9,12H,4,6,8,10-11H2,1-3H3. The number of Topliss-reactive ketones (excluding diaryl/α,β-unsaturated/α-hetero) is 1. The zero-order valence-corrected chi connectivity index (χ0v) is 13.3. The molecule has 1 atom stereocenters. The van der Waals surface area contributed by atoms with Gasteiger partial charge in [0.2, 0.25) is 5.78 Å². The monoisotopic (exact) mass is 309 g/mol. The molecule has 1 aliphatic heterocycles. The summed E-state index contributed by atoms with van der Waals surface area (Å²) in [4.78, 5) is 25.6. The third-order valence-electron chi connectivity index (χ3n) is 3.34. The first-order chi connectivity index (χ1) is 10.4. The molecule has 0 aliphatic carbocycles. The summed E-state index contributed by atoms with van der Waals surface area (Å²) in [5.41, 5.74) is -0.514. The van der Waals surface area contributed by atoms with Gasteiger partial charge in [0.25, 0.3) is 0 Å². The number of hydrogen-bond donors (Lipinski definition) is 0. The van der Waals surface area contributed by atoms with Gasteiger partial charge >= 0.3 is 6.09 Å². The molecule has 0 N–H and O–H groups in total. The van der Waals surface area contributed by atoms with E-state index in [4.69, 9.17) is 13.9 Å². The molecule has 1 aliphatic rings. The van der Waals surface area contributed by atoms with Crippen LogP contribution in [0.2, 0.25) is 0 Å². The molecule has 2 heterocycles. The first-order valence-corrected chi connectivity index (χ1v) is 7.51. The van der Waals surface area contributed by atoms with Crippen molar-refractivity contribution in [1.29, 1.82) is 0 Å². The first-order valence-electron chi connectivity index (χ1n) is 7.51. The molecule has 1 saturated heterocycles. The molecular formula is C16H23NO5. The molecule has 122 valence electrons. The zero-order valence-electron chi connectivity index (χ0n) is 13.3. The lowest BCUT2D eigenvalue weighted by atomic mass is 10.2. The van der Waals surface area contributed by atoms with Gasteiger partial charge in [-0.05, 0) is 45.7 Å². The number of likely N-dealkylation sites (tertiary alicyclic amines) is 1. The van der Waals surface area contributed by atoms with Gasteiger partial charge in [-0.15, -0.1) is 0 Å². The van der Waals surface area contributed by atoms with Crippen molar-refractivity contribution in [3.8, 4) is 0 Å². The minimum absolute atomic E-state index is 0.0424. The predicted octanol–water partition coefficient (Wildman–Crippen LogP) is 2.88. The Kier molecular flexibility index (Phi) is 5.24. The van der Waals surface area contributed by atoms with Crippen LogP contribution < -0.4 is 0 Å².